The van der Waals surface area contributed by atoms with E-state index in [0.29, 0.717) is 10.6 Å². The van der Waals surface area contributed by atoms with E-state index in [-0.39, 0.29) is 6.61 Å². The minimum Gasteiger partial charge on any atom is -0.465 e. The van der Waals surface area contributed by atoms with Crippen molar-refractivity contribution >= 4 is 23.8 Å². The van der Waals surface area contributed by atoms with Crippen molar-refractivity contribution in [2.24, 2.45) is 11.5 Å². The van der Waals surface area contributed by atoms with Gasteiger partial charge < -0.3 is 31.9 Å². The fourth-order valence-electron chi connectivity index (χ4n) is 0.844. The highest BCUT2D eigenvalue weighted by atomic mass is 35.5. The lowest BCUT2D eigenvalue weighted by Crippen LogP contribution is -2.03. The Bertz CT molecular complexity index is 381. The average molecular weight is 295 g/mol. The van der Waals surface area contributed by atoms with Crippen LogP contribution in [0.4, 0.5) is 9.59 Å². The molecule has 1 aromatic rings. The van der Waals surface area contributed by atoms with Crippen LogP contribution in [0.3, 0.4) is 0 Å². The fourth-order valence-corrected chi connectivity index (χ4v) is 1.11. The summed E-state index contributed by atoms with van der Waals surface area (Å²) < 4.78 is 0. The zero-order valence-electron chi connectivity index (χ0n) is 9.73. The molecule has 9 heteroatoms. The molecule has 1 atom stereocenters. The Morgan fingerprint density at radius 1 is 1.16 bits per heavy atom. The molecule has 0 aliphatic carbocycles. The van der Waals surface area contributed by atoms with Gasteiger partial charge in [-0.3, -0.25) is 0 Å². The number of carbonyl (C=O) groups is 2. The van der Waals surface area contributed by atoms with Crippen LogP contribution in [0.2, 0.25) is 5.02 Å². The quantitative estimate of drug-likeness (QED) is 0.467. The van der Waals surface area contributed by atoms with Gasteiger partial charge in [-0.1, -0.05) is 29.8 Å². The van der Waals surface area contributed by atoms with Gasteiger partial charge in [0.25, 0.3) is 0 Å². The van der Waals surface area contributed by atoms with Gasteiger partial charge in [0.05, 0.1) is 6.61 Å². The molecule has 108 valence electrons. The van der Waals surface area contributed by atoms with Gasteiger partial charge in [0.2, 0.25) is 0 Å². The molecule has 0 radical (unpaired) electrons. The van der Waals surface area contributed by atoms with Crippen LogP contribution in [0.5, 0.6) is 0 Å². The Morgan fingerprint density at radius 3 is 1.84 bits per heavy atom. The summed E-state index contributed by atoms with van der Waals surface area (Å²) in [7, 11) is 0. The first-order valence-electron chi connectivity index (χ1n) is 4.72. The number of nitrogens with two attached hydrogens (primary N) is 2. The average Bonchev–Trinajstić information content (AvgIpc) is 2.27. The molecule has 0 saturated heterocycles. The summed E-state index contributed by atoms with van der Waals surface area (Å²) in [5.74, 6) is 0. The number of halogens is 1. The van der Waals surface area contributed by atoms with Crippen LogP contribution in [-0.4, -0.2) is 39.2 Å². The minimum absolute atomic E-state index is 0.302. The second-order valence-corrected chi connectivity index (χ2v) is 3.30. The highest BCUT2D eigenvalue weighted by Gasteiger charge is 2.08. The maximum absolute atomic E-state index is 9.18. The van der Waals surface area contributed by atoms with E-state index >= 15 is 0 Å². The number of rotatable bonds is 2. The Morgan fingerprint density at radius 2 is 1.53 bits per heavy atom. The maximum atomic E-state index is 9.18. The zero-order chi connectivity index (χ0) is 15.4. The summed E-state index contributed by atoms with van der Waals surface area (Å²) in [4.78, 5) is 17.6. The summed E-state index contributed by atoms with van der Waals surface area (Å²) in [5.41, 5.74) is 8.62. The lowest BCUT2D eigenvalue weighted by molar-refractivity contribution is 0.0957. The standard InChI is InChI=1S/C8H9ClO2.2CH3NO2/c9-7-4-2-1-3-6(7)8(11)5-10;2*2-1(3)4/h1-4,8,10-11H,5H2;2*2H2,(H,3,4). The number of hydrogen-bond donors (Lipinski definition) is 6. The smallest absolute Gasteiger partial charge is 0.402 e. The largest absolute Gasteiger partial charge is 0.465 e. The predicted molar refractivity (Wildman–Crippen MR) is 67.9 cm³/mol. The number of aliphatic hydroxyl groups is 2. The van der Waals surface area contributed by atoms with Crippen LogP contribution in [0.1, 0.15) is 11.7 Å². The van der Waals surface area contributed by atoms with Crippen molar-refractivity contribution in [2.45, 2.75) is 6.10 Å². The molecule has 19 heavy (non-hydrogen) atoms. The molecule has 0 aliphatic rings. The molecule has 8 nitrogen and oxygen atoms in total. The molecule has 1 rings (SSSR count). The van der Waals surface area contributed by atoms with E-state index in [9.17, 15) is 5.11 Å². The van der Waals surface area contributed by atoms with Crippen LogP contribution >= 0.6 is 11.6 Å². The predicted octanol–water partition coefficient (Wildman–Crippen LogP) is 0.612. The molecule has 0 aromatic heterocycles. The highest BCUT2D eigenvalue weighted by Crippen LogP contribution is 2.21. The van der Waals surface area contributed by atoms with Gasteiger partial charge >= 0.3 is 12.2 Å². The minimum atomic E-state index is -1.33. The van der Waals surface area contributed by atoms with E-state index in [1.165, 1.54) is 0 Å². The summed E-state index contributed by atoms with van der Waals surface area (Å²) >= 11 is 5.73. The Balaban J connectivity index is 0. The number of amides is 2. The molecular weight excluding hydrogens is 280 g/mol. The molecule has 0 heterocycles. The van der Waals surface area contributed by atoms with E-state index in [0.717, 1.165) is 0 Å². The fraction of sp³-hybridized carbons (Fsp3) is 0.200. The molecule has 0 fully saturated rings. The van der Waals surface area contributed by atoms with Gasteiger partial charge in [0, 0.05) is 10.6 Å². The molecule has 8 N–H and O–H groups in total. The molecular formula is C10H15ClN2O6. The molecule has 0 aliphatic heterocycles. The van der Waals surface area contributed by atoms with E-state index in [1.54, 1.807) is 24.3 Å². The lowest BCUT2D eigenvalue weighted by atomic mass is 10.1. The van der Waals surface area contributed by atoms with Crippen LogP contribution in [0.25, 0.3) is 0 Å². The topological polar surface area (TPSA) is 167 Å². The van der Waals surface area contributed by atoms with Crippen molar-refractivity contribution in [3.05, 3.63) is 34.9 Å². The summed E-state index contributed by atoms with van der Waals surface area (Å²) in [6.45, 7) is -0.302. The monoisotopic (exact) mass is 294 g/mol. The van der Waals surface area contributed by atoms with Crippen molar-refractivity contribution in [2.75, 3.05) is 6.61 Å². The molecule has 1 unspecified atom stereocenters. The lowest BCUT2D eigenvalue weighted by Gasteiger charge is -2.08. The van der Waals surface area contributed by atoms with Crippen LogP contribution in [-0.2, 0) is 0 Å². The van der Waals surface area contributed by atoms with Crippen LogP contribution in [0, 0.1) is 0 Å². The van der Waals surface area contributed by atoms with Gasteiger partial charge in [-0.05, 0) is 6.07 Å². The van der Waals surface area contributed by atoms with Gasteiger partial charge in [-0.25, -0.2) is 9.59 Å². The Labute approximate surface area is 113 Å². The highest BCUT2D eigenvalue weighted by molar-refractivity contribution is 6.31. The second-order valence-electron chi connectivity index (χ2n) is 2.90. The third-order valence-electron chi connectivity index (χ3n) is 1.44. The third-order valence-corrected chi connectivity index (χ3v) is 1.78. The summed E-state index contributed by atoms with van der Waals surface area (Å²) in [5, 5.41) is 32.6. The van der Waals surface area contributed by atoms with E-state index < -0.39 is 18.3 Å². The molecule has 0 saturated carbocycles. The summed E-state index contributed by atoms with van der Waals surface area (Å²) in [6.07, 6.45) is -3.54. The second kappa shape index (κ2) is 11.1. The van der Waals surface area contributed by atoms with Crippen molar-refractivity contribution in [3.8, 4) is 0 Å². The van der Waals surface area contributed by atoms with Gasteiger partial charge in [-0.2, -0.15) is 0 Å². The molecule has 1 aromatic carbocycles. The summed E-state index contributed by atoms with van der Waals surface area (Å²) in [6, 6.07) is 6.90. The molecule has 0 bridgehead atoms. The Hall–Kier alpha value is -2.03. The molecule has 0 spiro atoms. The number of aliphatic hydroxyl groups excluding tert-OH is 2. The van der Waals surface area contributed by atoms with E-state index in [4.69, 9.17) is 36.5 Å². The number of hydrogen-bond acceptors (Lipinski definition) is 4. The normalized spacial score (nSPS) is 10.1. The van der Waals surface area contributed by atoms with E-state index in [1.807, 2.05) is 0 Å². The number of carboxylic acid groups (broad SMARTS) is 2. The van der Waals surface area contributed by atoms with Crippen molar-refractivity contribution in [1.82, 2.24) is 0 Å². The van der Waals surface area contributed by atoms with Gasteiger partial charge in [-0.15, -0.1) is 0 Å². The zero-order valence-corrected chi connectivity index (χ0v) is 10.5. The van der Waals surface area contributed by atoms with Crippen molar-refractivity contribution < 1.29 is 30.0 Å². The van der Waals surface area contributed by atoms with E-state index in [2.05, 4.69) is 11.5 Å². The van der Waals surface area contributed by atoms with Gasteiger partial charge in [0.1, 0.15) is 6.10 Å². The van der Waals surface area contributed by atoms with Gasteiger partial charge in [0.15, 0.2) is 0 Å². The number of primary amides is 2. The van der Waals surface area contributed by atoms with Crippen LogP contribution < -0.4 is 11.5 Å². The SMILES string of the molecule is NC(=O)O.NC(=O)O.OCC(O)c1ccccc1Cl. The number of benzene rings is 1. The third kappa shape index (κ3) is 13.9. The Kier molecular flexibility index (Phi) is 11.3. The van der Waals surface area contributed by atoms with Crippen molar-refractivity contribution in [1.29, 1.82) is 0 Å². The van der Waals surface area contributed by atoms with Crippen LogP contribution in [0.15, 0.2) is 24.3 Å². The maximum Gasteiger partial charge on any atom is 0.402 e. The first-order valence-corrected chi connectivity index (χ1v) is 5.10. The first-order chi connectivity index (χ1) is 8.72. The molecule has 2 amide bonds. The first kappa shape index (κ1) is 19.3. The van der Waals surface area contributed by atoms with Crippen molar-refractivity contribution in [3.63, 3.8) is 0 Å².